The Labute approximate surface area is 159 Å². The number of amides is 1. The number of likely N-dealkylation sites (tertiary alicyclic amines) is 1. The van der Waals surface area contributed by atoms with Crippen LogP contribution >= 0.6 is 0 Å². The van der Waals surface area contributed by atoms with Gasteiger partial charge < -0.3 is 34.2 Å². The van der Waals surface area contributed by atoms with E-state index in [0.29, 0.717) is 26.2 Å². The smallest absolute Gasteiger partial charge is 0.407 e. The van der Waals surface area contributed by atoms with Gasteiger partial charge in [0.1, 0.15) is 18.5 Å². The monoisotopic (exact) mass is 380 g/mol. The summed E-state index contributed by atoms with van der Waals surface area (Å²) in [5.74, 6) is 0.858. The van der Waals surface area contributed by atoms with Gasteiger partial charge in [-0.05, 0) is 30.5 Å². The van der Waals surface area contributed by atoms with Crippen LogP contribution in [0, 0.1) is 0 Å². The van der Waals surface area contributed by atoms with Crippen LogP contribution in [0.1, 0.15) is 18.4 Å². The summed E-state index contributed by atoms with van der Waals surface area (Å²) >= 11 is 0. The molecule has 2 atom stereocenters. The van der Waals surface area contributed by atoms with Crippen molar-refractivity contribution >= 4 is 11.8 Å². The number of aliphatic hydroxyl groups excluding tert-OH is 1. The van der Waals surface area contributed by atoms with Crippen LogP contribution < -0.4 is 9.64 Å². The van der Waals surface area contributed by atoms with Crippen molar-refractivity contribution < 1.29 is 29.2 Å². The standard InChI is InChI=1S/C19H28N2O6/c1-25-9-2-6-20-8-10-26-17-4-3-14(11-15(17)20)13-27-18-12-21(19(23)24)7-5-16(18)22/h3-4,11,16,18,22H,2,5-10,12-13H2,1H3,(H,23,24). The Kier molecular flexibility index (Phi) is 6.76. The van der Waals surface area contributed by atoms with E-state index < -0.39 is 18.3 Å². The van der Waals surface area contributed by atoms with Gasteiger partial charge in [-0.1, -0.05) is 6.07 Å². The SMILES string of the molecule is COCCCN1CCOc2ccc(COC3CN(C(=O)O)CCC3O)cc21. The van der Waals surface area contributed by atoms with E-state index in [-0.39, 0.29) is 6.54 Å². The Balaban J connectivity index is 1.62. The van der Waals surface area contributed by atoms with Crippen LogP contribution in [0.2, 0.25) is 0 Å². The van der Waals surface area contributed by atoms with Gasteiger partial charge in [0.05, 0.1) is 31.5 Å². The van der Waals surface area contributed by atoms with Crippen molar-refractivity contribution in [3.8, 4) is 5.75 Å². The minimum absolute atomic E-state index is 0.188. The van der Waals surface area contributed by atoms with Gasteiger partial charge in [0.15, 0.2) is 0 Å². The molecule has 8 heteroatoms. The molecule has 2 unspecified atom stereocenters. The Morgan fingerprint density at radius 2 is 2.22 bits per heavy atom. The number of ether oxygens (including phenoxy) is 3. The number of anilines is 1. The van der Waals surface area contributed by atoms with E-state index in [1.165, 1.54) is 4.90 Å². The molecule has 3 rings (SSSR count). The Bertz CT molecular complexity index is 641. The van der Waals surface area contributed by atoms with E-state index in [9.17, 15) is 9.90 Å². The molecule has 0 spiro atoms. The van der Waals surface area contributed by atoms with Crippen molar-refractivity contribution in [1.82, 2.24) is 4.90 Å². The minimum Gasteiger partial charge on any atom is -0.490 e. The number of hydrogen-bond donors (Lipinski definition) is 2. The maximum absolute atomic E-state index is 11.1. The number of piperidine rings is 1. The topological polar surface area (TPSA) is 91.7 Å². The third kappa shape index (κ3) is 5.03. The molecule has 0 saturated carbocycles. The second kappa shape index (κ2) is 9.25. The van der Waals surface area contributed by atoms with E-state index in [1.54, 1.807) is 7.11 Å². The van der Waals surface area contributed by atoms with Crippen LogP contribution in [0.5, 0.6) is 5.75 Å². The van der Waals surface area contributed by atoms with E-state index in [4.69, 9.17) is 19.3 Å². The first-order valence-corrected chi connectivity index (χ1v) is 9.35. The van der Waals surface area contributed by atoms with E-state index in [2.05, 4.69) is 4.90 Å². The molecule has 2 aliphatic rings. The lowest BCUT2D eigenvalue weighted by Crippen LogP contribution is -2.49. The molecule has 150 valence electrons. The number of carbonyl (C=O) groups is 1. The molecule has 0 radical (unpaired) electrons. The molecule has 0 aliphatic carbocycles. The van der Waals surface area contributed by atoms with Gasteiger partial charge in [-0.3, -0.25) is 0 Å². The van der Waals surface area contributed by atoms with Gasteiger partial charge in [0.2, 0.25) is 0 Å². The van der Waals surface area contributed by atoms with Crippen LogP contribution in [0.15, 0.2) is 18.2 Å². The van der Waals surface area contributed by atoms with Crippen molar-refractivity contribution in [2.24, 2.45) is 0 Å². The molecule has 8 nitrogen and oxygen atoms in total. The maximum atomic E-state index is 11.1. The summed E-state index contributed by atoms with van der Waals surface area (Å²) < 4.78 is 16.7. The predicted molar refractivity (Wildman–Crippen MR) is 99.4 cm³/mol. The Hall–Kier alpha value is -2.03. The van der Waals surface area contributed by atoms with Crippen molar-refractivity contribution in [3.05, 3.63) is 23.8 Å². The van der Waals surface area contributed by atoms with Gasteiger partial charge in [0, 0.05) is 26.8 Å². The highest BCUT2D eigenvalue weighted by Gasteiger charge is 2.31. The number of carboxylic acid groups (broad SMARTS) is 1. The van der Waals surface area contributed by atoms with Crippen LogP contribution in [-0.4, -0.2) is 79.9 Å². The third-order valence-electron chi connectivity index (χ3n) is 5.02. The Morgan fingerprint density at radius 1 is 1.37 bits per heavy atom. The van der Waals surface area contributed by atoms with Crippen LogP contribution in [0.3, 0.4) is 0 Å². The molecular weight excluding hydrogens is 352 g/mol. The zero-order valence-electron chi connectivity index (χ0n) is 15.7. The zero-order valence-corrected chi connectivity index (χ0v) is 15.7. The quantitative estimate of drug-likeness (QED) is 0.694. The predicted octanol–water partition coefficient (Wildman–Crippen LogP) is 1.55. The molecule has 0 bridgehead atoms. The molecule has 2 aliphatic heterocycles. The summed E-state index contributed by atoms with van der Waals surface area (Å²) in [6, 6.07) is 5.94. The molecule has 2 heterocycles. The summed E-state index contributed by atoms with van der Waals surface area (Å²) in [6.45, 7) is 3.94. The van der Waals surface area contributed by atoms with Crippen LogP contribution in [0.4, 0.5) is 10.5 Å². The maximum Gasteiger partial charge on any atom is 0.407 e. The molecule has 27 heavy (non-hydrogen) atoms. The van der Waals surface area contributed by atoms with Crippen molar-refractivity contribution in [1.29, 1.82) is 0 Å². The summed E-state index contributed by atoms with van der Waals surface area (Å²) in [7, 11) is 1.70. The molecule has 1 fully saturated rings. The molecule has 1 aromatic rings. The normalized spacial score (nSPS) is 22.3. The first kappa shape index (κ1) is 19.7. The lowest BCUT2D eigenvalue weighted by molar-refractivity contribution is -0.0812. The largest absolute Gasteiger partial charge is 0.490 e. The van der Waals surface area contributed by atoms with Gasteiger partial charge >= 0.3 is 6.09 Å². The molecule has 1 saturated heterocycles. The van der Waals surface area contributed by atoms with E-state index in [0.717, 1.165) is 43.1 Å². The summed E-state index contributed by atoms with van der Waals surface area (Å²) in [4.78, 5) is 14.7. The number of fused-ring (bicyclic) bond motifs is 1. The fourth-order valence-electron chi connectivity index (χ4n) is 3.49. The van der Waals surface area contributed by atoms with Crippen molar-refractivity contribution in [3.63, 3.8) is 0 Å². The number of benzene rings is 1. The fourth-order valence-corrected chi connectivity index (χ4v) is 3.49. The van der Waals surface area contributed by atoms with Crippen LogP contribution in [0.25, 0.3) is 0 Å². The average molecular weight is 380 g/mol. The van der Waals surface area contributed by atoms with Crippen molar-refractivity contribution in [2.45, 2.75) is 31.7 Å². The van der Waals surface area contributed by atoms with Gasteiger partial charge in [-0.2, -0.15) is 0 Å². The number of nitrogens with zero attached hydrogens (tertiary/aromatic N) is 2. The van der Waals surface area contributed by atoms with E-state index >= 15 is 0 Å². The number of hydrogen-bond acceptors (Lipinski definition) is 6. The lowest BCUT2D eigenvalue weighted by atomic mass is 10.1. The molecule has 0 aromatic heterocycles. The second-order valence-electron chi connectivity index (χ2n) is 6.92. The number of methoxy groups -OCH3 is 1. The van der Waals surface area contributed by atoms with Crippen LogP contribution in [-0.2, 0) is 16.1 Å². The second-order valence-corrected chi connectivity index (χ2v) is 6.92. The first-order chi connectivity index (χ1) is 13.1. The third-order valence-corrected chi connectivity index (χ3v) is 5.02. The van der Waals surface area contributed by atoms with E-state index in [1.807, 2.05) is 18.2 Å². The molecular formula is C19H28N2O6. The zero-order chi connectivity index (χ0) is 19.2. The molecule has 2 N–H and O–H groups in total. The first-order valence-electron chi connectivity index (χ1n) is 9.35. The molecule has 1 aromatic carbocycles. The van der Waals surface area contributed by atoms with Gasteiger partial charge in [-0.15, -0.1) is 0 Å². The summed E-state index contributed by atoms with van der Waals surface area (Å²) in [5, 5.41) is 19.3. The number of aliphatic hydroxyl groups is 1. The average Bonchev–Trinajstić information content (AvgIpc) is 2.67. The number of rotatable bonds is 7. The summed E-state index contributed by atoms with van der Waals surface area (Å²) in [5.41, 5.74) is 2.01. The van der Waals surface area contributed by atoms with Crippen molar-refractivity contribution in [2.75, 3.05) is 51.4 Å². The highest BCUT2D eigenvalue weighted by Crippen LogP contribution is 2.33. The minimum atomic E-state index is -0.979. The summed E-state index contributed by atoms with van der Waals surface area (Å²) in [6.07, 6.45) is -0.807. The Morgan fingerprint density at radius 3 is 3.00 bits per heavy atom. The highest BCUT2D eigenvalue weighted by molar-refractivity contribution is 5.65. The van der Waals surface area contributed by atoms with Gasteiger partial charge in [-0.25, -0.2) is 4.79 Å². The highest BCUT2D eigenvalue weighted by atomic mass is 16.5. The van der Waals surface area contributed by atoms with Gasteiger partial charge in [0.25, 0.3) is 0 Å². The lowest BCUT2D eigenvalue weighted by Gasteiger charge is -2.34. The fraction of sp³-hybridized carbons (Fsp3) is 0.632. The molecule has 1 amide bonds.